The van der Waals surface area contributed by atoms with Crippen LogP contribution in [0.5, 0.6) is 0 Å². The van der Waals surface area contributed by atoms with E-state index in [1.165, 1.54) is 13.0 Å². The topological polar surface area (TPSA) is 49.3 Å². The summed E-state index contributed by atoms with van der Waals surface area (Å²) in [5.41, 5.74) is -0.402. The highest BCUT2D eigenvalue weighted by atomic mass is 19.1. The summed E-state index contributed by atoms with van der Waals surface area (Å²) >= 11 is 0. The molecule has 0 aliphatic heterocycles. The first-order valence-electron chi connectivity index (χ1n) is 5.74. The number of aryl methyl sites for hydroxylation is 1. The summed E-state index contributed by atoms with van der Waals surface area (Å²) in [7, 11) is 0. The highest BCUT2D eigenvalue weighted by Crippen LogP contribution is 2.16. The number of rotatable bonds is 4. The Bertz CT molecular complexity index is 447. The van der Waals surface area contributed by atoms with Crippen molar-refractivity contribution in [2.75, 3.05) is 6.61 Å². The van der Waals surface area contributed by atoms with Gasteiger partial charge in [0.25, 0.3) is 5.91 Å². The molecule has 0 spiro atoms. The van der Waals surface area contributed by atoms with Crippen molar-refractivity contribution in [2.45, 2.75) is 26.8 Å². The summed E-state index contributed by atoms with van der Waals surface area (Å²) in [5, 5.41) is 11.5. The number of benzene rings is 1. The zero-order chi connectivity index (χ0) is 13.9. The standard InChI is InChI=1S/C13H17F2NO2/c1-7(2)10(6-17)16-13(18)11-9(14)5-4-8(3)12(11)15/h4-5,7,10,17H,6H2,1-3H3,(H,16,18). The molecule has 0 saturated carbocycles. The van der Waals surface area contributed by atoms with E-state index in [0.29, 0.717) is 0 Å². The van der Waals surface area contributed by atoms with Gasteiger partial charge in [-0.3, -0.25) is 4.79 Å². The van der Waals surface area contributed by atoms with E-state index >= 15 is 0 Å². The molecule has 1 unspecified atom stereocenters. The van der Waals surface area contributed by atoms with Gasteiger partial charge >= 0.3 is 0 Å². The monoisotopic (exact) mass is 257 g/mol. The molecule has 0 heterocycles. The largest absolute Gasteiger partial charge is 0.394 e. The Hall–Kier alpha value is -1.49. The van der Waals surface area contributed by atoms with Crippen molar-refractivity contribution in [1.82, 2.24) is 5.32 Å². The molecule has 5 heteroatoms. The number of amides is 1. The molecule has 0 bridgehead atoms. The van der Waals surface area contributed by atoms with Gasteiger partial charge in [-0.15, -0.1) is 0 Å². The second-order valence-electron chi connectivity index (χ2n) is 4.56. The molecule has 100 valence electrons. The van der Waals surface area contributed by atoms with Crippen LogP contribution in [0.3, 0.4) is 0 Å². The smallest absolute Gasteiger partial charge is 0.257 e. The molecule has 0 aromatic heterocycles. The molecule has 0 fully saturated rings. The highest BCUT2D eigenvalue weighted by molar-refractivity contribution is 5.95. The van der Waals surface area contributed by atoms with Gasteiger partial charge in [-0.25, -0.2) is 8.78 Å². The summed E-state index contributed by atoms with van der Waals surface area (Å²) in [6.07, 6.45) is 0. The Morgan fingerprint density at radius 1 is 1.39 bits per heavy atom. The summed E-state index contributed by atoms with van der Waals surface area (Å²) in [5.74, 6) is -2.65. The summed E-state index contributed by atoms with van der Waals surface area (Å²) in [6, 6.07) is 1.79. The molecule has 1 rings (SSSR count). The second-order valence-corrected chi connectivity index (χ2v) is 4.56. The molecule has 1 atom stereocenters. The van der Waals surface area contributed by atoms with E-state index in [-0.39, 0.29) is 18.1 Å². The van der Waals surface area contributed by atoms with Crippen LogP contribution in [0.4, 0.5) is 8.78 Å². The predicted octanol–water partition coefficient (Wildman–Crippen LogP) is 2.02. The lowest BCUT2D eigenvalue weighted by molar-refractivity contribution is 0.0888. The molecule has 1 aromatic rings. The van der Waals surface area contributed by atoms with E-state index in [0.717, 1.165) is 6.07 Å². The lowest BCUT2D eigenvalue weighted by Crippen LogP contribution is -2.41. The van der Waals surface area contributed by atoms with Gasteiger partial charge in [0.05, 0.1) is 12.6 Å². The number of aliphatic hydroxyl groups is 1. The maximum atomic E-state index is 13.7. The molecule has 1 amide bonds. The molecular formula is C13H17F2NO2. The first-order chi connectivity index (χ1) is 8.38. The van der Waals surface area contributed by atoms with Gasteiger partial charge in [0.2, 0.25) is 0 Å². The van der Waals surface area contributed by atoms with E-state index in [4.69, 9.17) is 5.11 Å². The number of hydrogen-bond donors (Lipinski definition) is 2. The average molecular weight is 257 g/mol. The Kier molecular flexibility index (Phi) is 4.78. The maximum absolute atomic E-state index is 13.7. The number of aliphatic hydroxyl groups excluding tert-OH is 1. The third-order valence-corrected chi connectivity index (χ3v) is 2.83. The van der Waals surface area contributed by atoms with Crippen LogP contribution in [-0.4, -0.2) is 23.7 Å². The first kappa shape index (κ1) is 14.6. The normalized spacial score (nSPS) is 12.6. The molecular weight excluding hydrogens is 240 g/mol. The fraction of sp³-hybridized carbons (Fsp3) is 0.462. The number of carbonyl (C=O) groups excluding carboxylic acids is 1. The SMILES string of the molecule is Cc1ccc(F)c(C(=O)NC(CO)C(C)C)c1F. The van der Waals surface area contributed by atoms with Crippen LogP contribution >= 0.6 is 0 Å². The van der Waals surface area contributed by atoms with E-state index < -0.39 is 29.1 Å². The van der Waals surface area contributed by atoms with Crippen molar-refractivity contribution in [3.8, 4) is 0 Å². The van der Waals surface area contributed by atoms with Crippen molar-refractivity contribution in [2.24, 2.45) is 5.92 Å². The molecule has 0 aliphatic rings. The molecule has 1 aromatic carbocycles. The number of nitrogens with one attached hydrogen (secondary N) is 1. The predicted molar refractivity (Wildman–Crippen MR) is 64.3 cm³/mol. The fourth-order valence-electron chi connectivity index (χ4n) is 1.53. The maximum Gasteiger partial charge on any atom is 0.257 e. The van der Waals surface area contributed by atoms with E-state index in [2.05, 4.69) is 5.32 Å². The first-order valence-corrected chi connectivity index (χ1v) is 5.74. The van der Waals surface area contributed by atoms with Crippen LogP contribution in [0.25, 0.3) is 0 Å². The van der Waals surface area contributed by atoms with Gasteiger partial charge in [0, 0.05) is 0 Å². The minimum Gasteiger partial charge on any atom is -0.394 e. The van der Waals surface area contributed by atoms with Crippen LogP contribution < -0.4 is 5.32 Å². The molecule has 2 N–H and O–H groups in total. The number of halogens is 2. The van der Waals surface area contributed by atoms with E-state index in [1.54, 1.807) is 13.8 Å². The van der Waals surface area contributed by atoms with Crippen molar-refractivity contribution < 1.29 is 18.7 Å². The third kappa shape index (κ3) is 3.04. The zero-order valence-electron chi connectivity index (χ0n) is 10.6. The average Bonchev–Trinajstić information content (AvgIpc) is 2.31. The molecule has 0 radical (unpaired) electrons. The third-order valence-electron chi connectivity index (χ3n) is 2.83. The Balaban J connectivity index is 3.01. The Morgan fingerprint density at radius 3 is 2.50 bits per heavy atom. The zero-order valence-corrected chi connectivity index (χ0v) is 10.6. The van der Waals surface area contributed by atoms with Crippen molar-refractivity contribution >= 4 is 5.91 Å². The molecule has 3 nitrogen and oxygen atoms in total. The van der Waals surface area contributed by atoms with Gasteiger partial charge in [-0.1, -0.05) is 19.9 Å². The Labute approximate surface area is 105 Å². The summed E-state index contributed by atoms with van der Waals surface area (Å²) in [4.78, 5) is 11.8. The van der Waals surface area contributed by atoms with Crippen LogP contribution in [0.2, 0.25) is 0 Å². The van der Waals surface area contributed by atoms with Crippen molar-refractivity contribution in [1.29, 1.82) is 0 Å². The summed E-state index contributed by atoms with van der Waals surface area (Å²) in [6.45, 7) is 4.77. The summed E-state index contributed by atoms with van der Waals surface area (Å²) < 4.78 is 27.2. The van der Waals surface area contributed by atoms with Crippen molar-refractivity contribution in [3.63, 3.8) is 0 Å². The van der Waals surface area contributed by atoms with E-state index in [1.807, 2.05) is 0 Å². The fourth-order valence-corrected chi connectivity index (χ4v) is 1.53. The van der Waals surface area contributed by atoms with Crippen LogP contribution in [0, 0.1) is 24.5 Å². The van der Waals surface area contributed by atoms with Crippen molar-refractivity contribution in [3.05, 3.63) is 34.9 Å². The van der Waals surface area contributed by atoms with Crippen LogP contribution in [0.15, 0.2) is 12.1 Å². The molecule has 18 heavy (non-hydrogen) atoms. The lowest BCUT2D eigenvalue weighted by Gasteiger charge is -2.20. The van der Waals surface area contributed by atoms with Gasteiger partial charge in [-0.05, 0) is 24.5 Å². The van der Waals surface area contributed by atoms with Gasteiger partial charge in [-0.2, -0.15) is 0 Å². The second kappa shape index (κ2) is 5.91. The van der Waals surface area contributed by atoms with Gasteiger partial charge in [0.15, 0.2) is 0 Å². The number of hydrogen-bond acceptors (Lipinski definition) is 2. The van der Waals surface area contributed by atoms with Crippen LogP contribution in [-0.2, 0) is 0 Å². The molecule has 0 saturated heterocycles. The Morgan fingerprint density at radius 2 is 2.00 bits per heavy atom. The minimum absolute atomic E-state index is 0.0325. The molecule has 0 aliphatic carbocycles. The lowest BCUT2D eigenvalue weighted by atomic mass is 10.0. The van der Waals surface area contributed by atoms with E-state index in [9.17, 15) is 13.6 Å². The van der Waals surface area contributed by atoms with Crippen LogP contribution in [0.1, 0.15) is 29.8 Å². The van der Waals surface area contributed by atoms with Gasteiger partial charge in [0.1, 0.15) is 17.2 Å². The number of carbonyl (C=O) groups is 1. The minimum atomic E-state index is -0.906. The quantitative estimate of drug-likeness (QED) is 0.867. The van der Waals surface area contributed by atoms with Gasteiger partial charge < -0.3 is 10.4 Å². The highest BCUT2D eigenvalue weighted by Gasteiger charge is 2.22.